The molecule has 1 rings (SSSR count). The third-order valence-corrected chi connectivity index (χ3v) is 2.98. The first-order valence-electron chi connectivity index (χ1n) is 5.89. The maximum Gasteiger partial charge on any atom is 0.0216 e. The molecule has 16 heavy (non-hydrogen) atoms. The first-order valence-corrected chi connectivity index (χ1v) is 5.89. The lowest BCUT2D eigenvalue weighted by Gasteiger charge is -2.15. The van der Waals surface area contributed by atoms with Gasteiger partial charge in [0.2, 0.25) is 0 Å². The smallest absolute Gasteiger partial charge is 0.0216 e. The first kappa shape index (κ1) is 12.9. The molecular weight excluding hydrogens is 196 g/mol. The second-order valence-corrected chi connectivity index (χ2v) is 4.19. The molecule has 1 aromatic carbocycles. The molecule has 2 nitrogen and oxygen atoms in total. The summed E-state index contributed by atoms with van der Waals surface area (Å²) in [6.07, 6.45) is 6.18. The standard InChI is InChI=1S/C14H22N2/c1-3-4-9-14(16-15)11-10-13-8-6-5-7-12(13)2/h3,5-8,14,16H,1,4,9-11,15H2,2H3. The number of hydrogen-bond acceptors (Lipinski definition) is 2. The van der Waals surface area contributed by atoms with E-state index in [1.165, 1.54) is 11.1 Å². The van der Waals surface area contributed by atoms with E-state index in [1.807, 2.05) is 6.08 Å². The number of hydrogen-bond donors (Lipinski definition) is 2. The Bertz CT molecular complexity index is 320. The molecule has 0 amide bonds. The van der Waals surface area contributed by atoms with Crippen LogP contribution >= 0.6 is 0 Å². The van der Waals surface area contributed by atoms with E-state index >= 15 is 0 Å². The van der Waals surface area contributed by atoms with Crippen molar-refractivity contribution in [3.63, 3.8) is 0 Å². The van der Waals surface area contributed by atoms with Gasteiger partial charge in [-0.25, -0.2) is 0 Å². The Hall–Kier alpha value is -1.12. The fraction of sp³-hybridized carbons (Fsp3) is 0.429. The number of benzene rings is 1. The van der Waals surface area contributed by atoms with Gasteiger partial charge in [-0.2, -0.15) is 0 Å². The van der Waals surface area contributed by atoms with Gasteiger partial charge in [0.25, 0.3) is 0 Å². The lowest BCUT2D eigenvalue weighted by molar-refractivity contribution is 0.467. The molecule has 0 saturated carbocycles. The Kier molecular flexibility index (Phi) is 5.83. The number of rotatable bonds is 7. The first-order chi connectivity index (χ1) is 7.77. The average molecular weight is 218 g/mol. The van der Waals surface area contributed by atoms with Crippen molar-refractivity contribution in [1.82, 2.24) is 5.43 Å². The van der Waals surface area contributed by atoms with Crippen molar-refractivity contribution in [1.29, 1.82) is 0 Å². The zero-order valence-electron chi connectivity index (χ0n) is 10.1. The summed E-state index contributed by atoms with van der Waals surface area (Å²) in [6, 6.07) is 8.91. The van der Waals surface area contributed by atoms with Crippen molar-refractivity contribution in [2.45, 2.75) is 38.6 Å². The number of aryl methyl sites for hydroxylation is 2. The fourth-order valence-corrected chi connectivity index (χ4v) is 1.85. The lowest BCUT2D eigenvalue weighted by atomic mass is 9.99. The van der Waals surface area contributed by atoms with Crippen molar-refractivity contribution in [2.75, 3.05) is 0 Å². The van der Waals surface area contributed by atoms with Gasteiger partial charge in [-0.1, -0.05) is 30.3 Å². The summed E-state index contributed by atoms with van der Waals surface area (Å²) < 4.78 is 0. The van der Waals surface area contributed by atoms with Crippen LogP contribution in [0.3, 0.4) is 0 Å². The Balaban J connectivity index is 2.43. The molecule has 0 heterocycles. The molecule has 0 aliphatic carbocycles. The zero-order valence-corrected chi connectivity index (χ0v) is 10.1. The van der Waals surface area contributed by atoms with E-state index in [1.54, 1.807) is 0 Å². The summed E-state index contributed by atoms with van der Waals surface area (Å²) in [5.74, 6) is 5.53. The van der Waals surface area contributed by atoms with Gasteiger partial charge in [-0.3, -0.25) is 11.3 Å². The van der Waals surface area contributed by atoms with Crippen LogP contribution in [0.1, 0.15) is 30.4 Å². The van der Waals surface area contributed by atoms with Crippen LogP contribution in [0.15, 0.2) is 36.9 Å². The SMILES string of the molecule is C=CCCC(CCc1ccccc1C)NN. The topological polar surface area (TPSA) is 38.0 Å². The molecule has 2 heteroatoms. The monoisotopic (exact) mass is 218 g/mol. The molecule has 0 radical (unpaired) electrons. The molecule has 1 aromatic rings. The Morgan fingerprint density at radius 3 is 2.75 bits per heavy atom. The molecule has 0 fully saturated rings. The summed E-state index contributed by atoms with van der Waals surface area (Å²) in [5, 5.41) is 0. The maximum atomic E-state index is 5.53. The lowest BCUT2D eigenvalue weighted by Crippen LogP contribution is -2.35. The normalized spacial score (nSPS) is 12.4. The van der Waals surface area contributed by atoms with Crippen molar-refractivity contribution >= 4 is 0 Å². The highest BCUT2D eigenvalue weighted by molar-refractivity contribution is 5.25. The van der Waals surface area contributed by atoms with E-state index in [4.69, 9.17) is 5.84 Å². The molecule has 0 aliphatic rings. The van der Waals surface area contributed by atoms with Gasteiger partial charge in [0, 0.05) is 6.04 Å². The quantitative estimate of drug-likeness (QED) is 0.419. The minimum Gasteiger partial charge on any atom is -0.271 e. The minimum absolute atomic E-state index is 0.387. The molecule has 0 aliphatic heterocycles. The number of nitrogens with two attached hydrogens (primary N) is 1. The van der Waals surface area contributed by atoms with Gasteiger partial charge in [0.15, 0.2) is 0 Å². The highest BCUT2D eigenvalue weighted by atomic mass is 15.2. The number of allylic oxidation sites excluding steroid dienone is 1. The van der Waals surface area contributed by atoms with E-state index in [0.29, 0.717) is 6.04 Å². The van der Waals surface area contributed by atoms with Crippen LogP contribution in [-0.4, -0.2) is 6.04 Å². The van der Waals surface area contributed by atoms with Crippen molar-refractivity contribution in [3.05, 3.63) is 48.0 Å². The van der Waals surface area contributed by atoms with Gasteiger partial charge in [-0.15, -0.1) is 6.58 Å². The summed E-state index contributed by atoms with van der Waals surface area (Å²) in [6.45, 7) is 5.89. The molecule has 0 aromatic heterocycles. The summed E-state index contributed by atoms with van der Waals surface area (Å²) in [7, 11) is 0. The van der Waals surface area contributed by atoms with E-state index in [-0.39, 0.29) is 0 Å². The van der Waals surface area contributed by atoms with Gasteiger partial charge < -0.3 is 0 Å². The Morgan fingerprint density at radius 2 is 2.12 bits per heavy atom. The molecular formula is C14H22N2. The highest BCUT2D eigenvalue weighted by Gasteiger charge is 2.06. The van der Waals surface area contributed by atoms with E-state index < -0.39 is 0 Å². The predicted octanol–water partition coefficient (Wildman–Crippen LogP) is 2.73. The van der Waals surface area contributed by atoms with Crippen LogP contribution in [-0.2, 0) is 6.42 Å². The van der Waals surface area contributed by atoms with Crippen molar-refractivity contribution in [3.8, 4) is 0 Å². The van der Waals surface area contributed by atoms with Gasteiger partial charge in [0.1, 0.15) is 0 Å². The highest BCUT2D eigenvalue weighted by Crippen LogP contribution is 2.12. The second-order valence-electron chi connectivity index (χ2n) is 4.19. The third-order valence-electron chi connectivity index (χ3n) is 2.98. The summed E-state index contributed by atoms with van der Waals surface area (Å²) >= 11 is 0. The van der Waals surface area contributed by atoms with Crippen LogP contribution in [0.4, 0.5) is 0 Å². The van der Waals surface area contributed by atoms with Crippen LogP contribution in [0, 0.1) is 6.92 Å². The van der Waals surface area contributed by atoms with E-state index in [2.05, 4.69) is 43.2 Å². The second kappa shape index (κ2) is 7.20. The van der Waals surface area contributed by atoms with Gasteiger partial charge in [-0.05, 0) is 43.7 Å². The van der Waals surface area contributed by atoms with Crippen LogP contribution in [0.2, 0.25) is 0 Å². The van der Waals surface area contributed by atoms with E-state index in [9.17, 15) is 0 Å². The van der Waals surface area contributed by atoms with Crippen molar-refractivity contribution < 1.29 is 0 Å². The Morgan fingerprint density at radius 1 is 1.38 bits per heavy atom. The number of nitrogens with one attached hydrogen (secondary N) is 1. The van der Waals surface area contributed by atoms with Crippen LogP contribution < -0.4 is 11.3 Å². The molecule has 0 saturated heterocycles. The predicted molar refractivity (Wildman–Crippen MR) is 70.0 cm³/mol. The minimum atomic E-state index is 0.387. The van der Waals surface area contributed by atoms with Crippen molar-refractivity contribution in [2.24, 2.45) is 5.84 Å². The van der Waals surface area contributed by atoms with Crippen LogP contribution in [0.5, 0.6) is 0 Å². The molecule has 1 unspecified atom stereocenters. The molecule has 3 N–H and O–H groups in total. The zero-order chi connectivity index (χ0) is 11.8. The summed E-state index contributed by atoms with van der Waals surface area (Å²) in [5.41, 5.74) is 5.66. The fourth-order valence-electron chi connectivity index (χ4n) is 1.85. The summed E-state index contributed by atoms with van der Waals surface area (Å²) in [4.78, 5) is 0. The van der Waals surface area contributed by atoms with Gasteiger partial charge >= 0.3 is 0 Å². The number of hydrazine groups is 1. The molecule has 1 atom stereocenters. The molecule has 88 valence electrons. The van der Waals surface area contributed by atoms with Gasteiger partial charge in [0.05, 0.1) is 0 Å². The Labute approximate surface area is 98.5 Å². The van der Waals surface area contributed by atoms with Crippen LogP contribution in [0.25, 0.3) is 0 Å². The molecule has 0 bridgehead atoms. The average Bonchev–Trinajstić information content (AvgIpc) is 2.31. The maximum absolute atomic E-state index is 5.53. The largest absolute Gasteiger partial charge is 0.271 e. The van der Waals surface area contributed by atoms with E-state index in [0.717, 1.165) is 25.7 Å². The molecule has 0 spiro atoms. The third kappa shape index (κ3) is 4.17.